The smallest absolute Gasteiger partial charge is 0.255 e. The molecule has 3 aromatic rings. The molecule has 0 atom stereocenters. The van der Waals surface area contributed by atoms with Gasteiger partial charge in [-0.25, -0.2) is 0 Å². The van der Waals surface area contributed by atoms with Gasteiger partial charge < -0.3 is 25.4 Å². The molecule has 8 heteroatoms. The maximum absolute atomic E-state index is 12.5. The quantitative estimate of drug-likeness (QED) is 0.460. The van der Waals surface area contributed by atoms with Crippen LogP contribution in [0.15, 0.2) is 72.8 Å². The van der Waals surface area contributed by atoms with Crippen molar-refractivity contribution in [3.63, 3.8) is 0 Å². The Morgan fingerprint density at radius 2 is 1.57 bits per heavy atom. The Morgan fingerprint density at radius 1 is 0.886 bits per heavy atom. The number of amides is 2. The molecule has 1 saturated heterocycles. The van der Waals surface area contributed by atoms with Crippen LogP contribution in [0.4, 0.5) is 17.1 Å². The highest BCUT2D eigenvalue weighted by molar-refractivity contribution is 6.05. The van der Waals surface area contributed by atoms with E-state index in [1.165, 1.54) is 0 Å². The minimum atomic E-state index is -0.251. The van der Waals surface area contributed by atoms with Crippen LogP contribution in [0.2, 0.25) is 0 Å². The lowest BCUT2D eigenvalue weighted by Crippen LogP contribution is -2.47. The zero-order valence-electron chi connectivity index (χ0n) is 19.7. The molecular formula is C27H30N4O4. The van der Waals surface area contributed by atoms with E-state index in [1.807, 2.05) is 24.3 Å². The molecular weight excluding hydrogens is 444 g/mol. The third kappa shape index (κ3) is 6.51. The number of carbonyl (C=O) groups is 2. The maximum atomic E-state index is 12.5. The molecule has 3 aromatic carbocycles. The minimum Gasteiger partial charge on any atom is -0.508 e. The second kappa shape index (κ2) is 11.4. The van der Waals surface area contributed by atoms with Crippen molar-refractivity contribution in [2.24, 2.45) is 0 Å². The summed E-state index contributed by atoms with van der Waals surface area (Å²) < 4.78 is 5.26. The highest BCUT2D eigenvalue weighted by Crippen LogP contribution is 2.24. The van der Waals surface area contributed by atoms with Crippen molar-refractivity contribution in [2.75, 3.05) is 55.4 Å². The van der Waals surface area contributed by atoms with Crippen molar-refractivity contribution in [1.82, 2.24) is 4.90 Å². The van der Waals surface area contributed by atoms with Crippen LogP contribution in [0.1, 0.15) is 16.8 Å². The monoisotopic (exact) mass is 474 g/mol. The zero-order chi connectivity index (χ0) is 24.6. The van der Waals surface area contributed by atoms with Gasteiger partial charge in [0.2, 0.25) is 5.91 Å². The van der Waals surface area contributed by atoms with Gasteiger partial charge in [-0.15, -0.1) is 0 Å². The van der Waals surface area contributed by atoms with Gasteiger partial charge in [0, 0.05) is 56.1 Å². The zero-order valence-corrected chi connectivity index (χ0v) is 19.7. The molecule has 4 rings (SSSR count). The van der Waals surface area contributed by atoms with Crippen LogP contribution in [-0.2, 0) is 4.79 Å². The lowest BCUT2D eigenvalue weighted by molar-refractivity contribution is -0.116. The molecule has 3 N–H and O–H groups in total. The van der Waals surface area contributed by atoms with Crippen molar-refractivity contribution in [3.8, 4) is 11.5 Å². The fourth-order valence-corrected chi connectivity index (χ4v) is 4.02. The van der Waals surface area contributed by atoms with Gasteiger partial charge in [0.25, 0.3) is 5.91 Å². The molecule has 2 amide bonds. The number of nitrogens with zero attached hydrogens (tertiary/aromatic N) is 2. The average molecular weight is 475 g/mol. The first kappa shape index (κ1) is 24.1. The van der Waals surface area contributed by atoms with E-state index in [0.717, 1.165) is 31.9 Å². The number of carbonyl (C=O) groups excluding carboxylic acids is 2. The minimum absolute atomic E-state index is 0.0582. The fraction of sp³-hybridized carbons (Fsp3) is 0.259. The number of phenolic OH excluding ortho intramolecular Hbond substituents is 1. The Bertz CT molecular complexity index is 1140. The van der Waals surface area contributed by atoms with Crippen LogP contribution in [-0.4, -0.2) is 61.7 Å². The van der Waals surface area contributed by atoms with Crippen molar-refractivity contribution >= 4 is 28.9 Å². The van der Waals surface area contributed by atoms with Crippen molar-refractivity contribution in [2.45, 2.75) is 6.42 Å². The van der Waals surface area contributed by atoms with Gasteiger partial charge in [-0.2, -0.15) is 0 Å². The number of hydrogen-bond donors (Lipinski definition) is 3. The lowest BCUT2D eigenvalue weighted by Gasteiger charge is -2.36. The van der Waals surface area contributed by atoms with E-state index in [9.17, 15) is 14.7 Å². The third-order valence-electron chi connectivity index (χ3n) is 6.03. The number of para-hydroxylation sites is 2. The number of anilines is 3. The highest BCUT2D eigenvalue weighted by Gasteiger charge is 2.18. The van der Waals surface area contributed by atoms with Crippen LogP contribution < -0.4 is 20.3 Å². The van der Waals surface area contributed by atoms with Crippen molar-refractivity contribution in [1.29, 1.82) is 0 Å². The van der Waals surface area contributed by atoms with Crippen molar-refractivity contribution < 1.29 is 19.4 Å². The van der Waals surface area contributed by atoms with Gasteiger partial charge in [-0.05, 0) is 60.7 Å². The van der Waals surface area contributed by atoms with Crippen LogP contribution in [0.5, 0.6) is 11.5 Å². The molecule has 1 heterocycles. The molecule has 0 saturated carbocycles. The number of methoxy groups -OCH3 is 1. The molecule has 0 aliphatic carbocycles. The van der Waals surface area contributed by atoms with Crippen LogP contribution in [0, 0.1) is 0 Å². The summed E-state index contributed by atoms with van der Waals surface area (Å²) in [6, 6.07) is 21.3. The SMILES string of the molecule is COc1ccccc1NC(=O)c1ccc(NC(=O)CCN2CCN(c3ccc(O)cc3)CC2)cc1. The Balaban J connectivity index is 1.21. The Morgan fingerprint density at radius 3 is 2.26 bits per heavy atom. The molecule has 1 aliphatic rings. The summed E-state index contributed by atoms with van der Waals surface area (Å²) in [5, 5.41) is 15.2. The summed E-state index contributed by atoms with van der Waals surface area (Å²) in [6.45, 7) is 4.21. The van der Waals surface area contributed by atoms with E-state index in [-0.39, 0.29) is 17.6 Å². The molecule has 1 fully saturated rings. The van der Waals surface area contributed by atoms with E-state index in [2.05, 4.69) is 20.4 Å². The summed E-state index contributed by atoms with van der Waals surface area (Å²) in [6.07, 6.45) is 0.398. The predicted octanol–water partition coefficient (Wildman–Crippen LogP) is 3.80. The fourth-order valence-electron chi connectivity index (χ4n) is 4.02. The van der Waals surface area contributed by atoms with E-state index in [4.69, 9.17) is 4.74 Å². The number of aromatic hydroxyl groups is 1. The van der Waals surface area contributed by atoms with E-state index < -0.39 is 0 Å². The van der Waals surface area contributed by atoms with E-state index in [0.29, 0.717) is 35.7 Å². The Hall–Kier alpha value is -4.04. The van der Waals surface area contributed by atoms with Gasteiger partial charge in [0.1, 0.15) is 11.5 Å². The van der Waals surface area contributed by atoms with Crippen LogP contribution in [0.25, 0.3) is 0 Å². The number of hydrogen-bond acceptors (Lipinski definition) is 6. The maximum Gasteiger partial charge on any atom is 0.255 e. The van der Waals surface area contributed by atoms with Gasteiger partial charge >= 0.3 is 0 Å². The summed E-state index contributed by atoms with van der Waals surface area (Å²) in [5.74, 6) is 0.548. The van der Waals surface area contributed by atoms with E-state index >= 15 is 0 Å². The van der Waals surface area contributed by atoms with Crippen LogP contribution in [0.3, 0.4) is 0 Å². The van der Waals surface area contributed by atoms with Gasteiger partial charge in [0.15, 0.2) is 0 Å². The van der Waals surface area contributed by atoms with Gasteiger partial charge in [-0.3, -0.25) is 14.5 Å². The lowest BCUT2D eigenvalue weighted by atomic mass is 10.1. The van der Waals surface area contributed by atoms with Gasteiger partial charge in [0.05, 0.1) is 12.8 Å². The molecule has 1 aliphatic heterocycles. The first-order valence-corrected chi connectivity index (χ1v) is 11.6. The van der Waals surface area contributed by atoms with Crippen molar-refractivity contribution in [3.05, 3.63) is 78.4 Å². The van der Waals surface area contributed by atoms with Gasteiger partial charge in [-0.1, -0.05) is 12.1 Å². The molecule has 35 heavy (non-hydrogen) atoms. The number of piperazine rings is 1. The number of nitrogens with one attached hydrogen (secondary N) is 2. The van der Waals surface area contributed by atoms with Crippen LogP contribution >= 0.6 is 0 Å². The highest BCUT2D eigenvalue weighted by atomic mass is 16.5. The molecule has 0 bridgehead atoms. The summed E-state index contributed by atoms with van der Waals surface area (Å²) in [7, 11) is 1.56. The number of phenols is 1. The Kier molecular flexibility index (Phi) is 7.84. The summed E-state index contributed by atoms with van der Waals surface area (Å²) in [5.41, 5.74) is 2.84. The third-order valence-corrected chi connectivity index (χ3v) is 6.03. The second-order valence-electron chi connectivity index (χ2n) is 8.38. The first-order chi connectivity index (χ1) is 17.0. The summed E-state index contributed by atoms with van der Waals surface area (Å²) in [4.78, 5) is 29.5. The number of benzene rings is 3. The molecule has 0 aromatic heterocycles. The average Bonchev–Trinajstić information content (AvgIpc) is 2.89. The number of rotatable bonds is 8. The molecule has 8 nitrogen and oxygen atoms in total. The molecule has 0 unspecified atom stereocenters. The molecule has 0 radical (unpaired) electrons. The summed E-state index contributed by atoms with van der Waals surface area (Å²) >= 11 is 0. The first-order valence-electron chi connectivity index (χ1n) is 11.6. The largest absolute Gasteiger partial charge is 0.508 e. The standard InChI is InChI=1S/C27H30N4O4/c1-35-25-5-3-2-4-24(25)29-27(34)20-6-8-21(9-7-20)28-26(33)14-15-30-16-18-31(19-17-30)22-10-12-23(32)13-11-22/h2-13,32H,14-19H2,1H3,(H,28,33)(H,29,34). The molecule has 182 valence electrons. The normalized spacial score (nSPS) is 13.8. The predicted molar refractivity (Wildman–Crippen MR) is 137 cm³/mol. The van der Waals surface area contributed by atoms with E-state index in [1.54, 1.807) is 55.6 Å². The number of ether oxygens (including phenoxy) is 1. The Labute approximate surface area is 205 Å². The molecule has 0 spiro atoms. The second-order valence-corrected chi connectivity index (χ2v) is 8.38. The topological polar surface area (TPSA) is 94.1 Å².